The third-order valence-electron chi connectivity index (χ3n) is 3.80. The highest BCUT2D eigenvalue weighted by atomic mass is 32.1. The van der Waals surface area contributed by atoms with Crippen molar-refractivity contribution in [1.29, 1.82) is 0 Å². The summed E-state index contributed by atoms with van der Waals surface area (Å²) < 4.78 is 14.3. The first kappa shape index (κ1) is 15.8. The minimum Gasteiger partial charge on any atom is -0.309 e. The van der Waals surface area contributed by atoms with Crippen molar-refractivity contribution < 1.29 is 9.18 Å². The van der Waals surface area contributed by atoms with Crippen LogP contribution in [0.3, 0.4) is 0 Å². The van der Waals surface area contributed by atoms with Crippen LogP contribution in [-0.2, 0) is 4.79 Å². The third kappa shape index (κ3) is 3.18. The molecule has 3 rings (SSSR count). The first-order valence-corrected chi connectivity index (χ1v) is 8.41. The molecule has 1 atom stereocenters. The van der Waals surface area contributed by atoms with Crippen LogP contribution in [-0.4, -0.2) is 24.0 Å². The van der Waals surface area contributed by atoms with E-state index in [-0.39, 0.29) is 17.8 Å². The highest BCUT2D eigenvalue weighted by Gasteiger charge is 2.17. The average Bonchev–Trinajstić information content (AvgIpc) is 2.94. The van der Waals surface area contributed by atoms with Gasteiger partial charge < -0.3 is 10.6 Å². The first-order valence-electron chi connectivity index (χ1n) is 7.59. The summed E-state index contributed by atoms with van der Waals surface area (Å²) >= 11 is 1.41. The number of aromatic nitrogens is 1. The number of hydrogen-bond donors (Lipinski definition) is 2. The fourth-order valence-electron chi connectivity index (χ4n) is 2.63. The quantitative estimate of drug-likeness (QED) is 0.745. The molecule has 3 aromatic rings. The molecule has 0 aliphatic carbocycles. The summed E-state index contributed by atoms with van der Waals surface area (Å²) in [5, 5.41) is 8.24. The van der Waals surface area contributed by atoms with Crippen LogP contribution in [0.15, 0.2) is 30.3 Å². The van der Waals surface area contributed by atoms with Crippen LogP contribution < -0.4 is 10.6 Å². The largest absolute Gasteiger partial charge is 0.309 e. The van der Waals surface area contributed by atoms with Gasteiger partial charge >= 0.3 is 0 Å². The summed E-state index contributed by atoms with van der Waals surface area (Å²) in [4.78, 5) is 16.7. The van der Waals surface area contributed by atoms with E-state index in [1.165, 1.54) is 23.5 Å². The van der Waals surface area contributed by atoms with Crippen LogP contribution in [0.5, 0.6) is 0 Å². The van der Waals surface area contributed by atoms with Gasteiger partial charge in [-0.2, -0.15) is 0 Å². The molecule has 0 aliphatic heterocycles. The maximum Gasteiger partial charge on any atom is 0.243 e. The molecule has 1 heterocycles. The van der Waals surface area contributed by atoms with Crippen molar-refractivity contribution in [1.82, 2.24) is 10.3 Å². The van der Waals surface area contributed by atoms with Gasteiger partial charge in [0.25, 0.3) is 0 Å². The van der Waals surface area contributed by atoms with Gasteiger partial charge in [-0.15, -0.1) is 0 Å². The van der Waals surface area contributed by atoms with E-state index in [4.69, 9.17) is 0 Å². The second-order valence-corrected chi connectivity index (χ2v) is 6.42. The highest BCUT2D eigenvalue weighted by Crippen LogP contribution is 2.33. The lowest BCUT2D eigenvalue weighted by atomic mass is 10.1. The standard InChI is InChI=1S/C17H18FN3OS/c1-3-4-14(19-2)16(22)21-17-20-13-8-5-10-9-11(18)6-7-12(10)15(13)23-17/h5-9,14,19H,3-4H2,1-2H3,(H,20,21,22). The highest BCUT2D eigenvalue weighted by molar-refractivity contribution is 7.23. The van der Waals surface area contributed by atoms with Gasteiger partial charge in [0.05, 0.1) is 16.3 Å². The van der Waals surface area contributed by atoms with Gasteiger partial charge in [-0.3, -0.25) is 4.79 Å². The zero-order chi connectivity index (χ0) is 16.4. The van der Waals surface area contributed by atoms with E-state index in [0.717, 1.165) is 33.8 Å². The number of carbonyl (C=O) groups is 1. The van der Waals surface area contributed by atoms with Crippen molar-refractivity contribution in [2.24, 2.45) is 0 Å². The topological polar surface area (TPSA) is 54.0 Å². The Labute approximate surface area is 137 Å². The first-order chi connectivity index (χ1) is 11.1. The Morgan fingerprint density at radius 3 is 2.91 bits per heavy atom. The molecule has 2 aromatic carbocycles. The van der Waals surface area contributed by atoms with Crippen LogP contribution >= 0.6 is 11.3 Å². The minimum absolute atomic E-state index is 0.0799. The zero-order valence-electron chi connectivity index (χ0n) is 13.0. The van der Waals surface area contributed by atoms with E-state index in [2.05, 4.69) is 15.6 Å². The number of thiazole rings is 1. The second kappa shape index (κ2) is 6.60. The van der Waals surface area contributed by atoms with Crippen LogP contribution in [0.2, 0.25) is 0 Å². The molecule has 120 valence electrons. The van der Waals surface area contributed by atoms with Gasteiger partial charge in [-0.05, 0) is 43.1 Å². The summed E-state index contributed by atoms with van der Waals surface area (Å²) in [7, 11) is 1.78. The zero-order valence-corrected chi connectivity index (χ0v) is 13.8. The van der Waals surface area contributed by atoms with Crippen LogP contribution in [0, 0.1) is 5.82 Å². The maximum absolute atomic E-state index is 13.3. The Morgan fingerprint density at radius 1 is 1.35 bits per heavy atom. The van der Waals surface area contributed by atoms with Gasteiger partial charge in [-0.1, -0.05) is 30.7 Å². The van der Waals surface area contributed by atoms with Crippen molar-refractivity contribution in [3.8, 4) is 0 Å². The smallest absolute Gasteiger partial charge is 0.243 e. The molecule has 0 aliphatic rings. The summed E-state index contributed by atoms with van der Waals surface area (Å²) in [6, 6.07) is 8.18. The Balaban J connectivity index is 1.94. The summed E-state index contributed by atoms with van der Waals surface area (Å²) in [6.45, 7) is 2.04. The van der Waals surface area contributed by atoms with E-state index in [0.29, 0.717) is 5.13 Å². The average molecular weight is 331 g/mol. The number of hydrogen-bond acceptors (Lipinski definition) is 4. The molecule has 4 nitrogen and oxygen atoms in total. The van der Waals surface area contributed by atoms with Crippen LogP contribution in [0.25, 0.3) is 21.0 Å². The molecule has 1 unspecified atom stereocenters. The predicted molar refractivity (Wildman–Crippen MR) is 93.5 cm³/mol. The van der Waals surface area contributed by atoms with Crippen molar-refractivity contribution in [2.45, 2.75) is 25.8 Å². The van der Waals surface area contributed by atoms with Crippen molar-refractivity contribution in [3.05, 3.63) is 36.1 Å². The predicted octanol–water partition coefficient (Wildman–Crippen LogP) is 3.92. The van der Waals surface area contributed by atoms with Crippen molar-refractivity contribution >= 4 is 43.4 Å². The third-order valence-corrected chi connectivity index (χ3v) is 4.82. The Morgan fingerprint density at radius 2 is 2.17 bits per heavy atom. The van der Waals surface area contributed by atoms with Gasteiger partial charge in [0.2, 0.25) is 5.91 Å². The van der Waals surface area contributed by atoms with E-state index < -0.39 is 0 Å². The van der Waals surface area contributed by atoms with Gasteiger partial charge in [-0.25, -0.2) is 9.37 Å². The SMILES string of the molecule is CCCC(NC)C(=O)Nc1nc2ccc3cc(F)ccc3c2s1. The number of fused-ring (bicyclic) bond motifs is 3. The van der Waals surface area contributed by atoms with E-state index in [9.17, 15) is 9.18 Å². The molecule has 0 saturated heterocycles. The molecule has 2 N–H and O–H groups in total. The summed E-state index contributed by atoms with van der Waals surface area (Å²) in [5.41, 5.74) is 0.806. The van der Waals surface area contributed by atoms with E-state index in [1.807, 2.05) is 19.1 Å². The monoisotopic (exact) mass is 331 g/mol. The van der Waals surface area contributed by atoms with Gasteiger partial charge in [0, 0.05) is 5.39 Å². The molecule has 1 aromatic heterocycles. The number of rotatable bonds is 5. The minimum atomic E-state index is -0.258. The molecule has 6 heteroatoms. The fraction of sp³-hybridized carbons (Fsp3) is 0.294. The molecule has 0 bridgehead atoms. The van der Waals surface area contributed by atoms with Gasteiger partial charge in [0.15, 0.2) is 5.13 Å². The molecule has 23 heavy (non-hydrogen) atoms. The molecule has 0 spiro atoms. The number of likely N-dealkylation sites (N-methyl/N-ethyl adjacent to an activating group) is 1. The molecular formula is C17H18FN3OS. The summed E-state index contributed by atoms with van der Waals surface area (Å²) in [5.74, 6) is -0.338. The number of nitrogens with one attached hydrogen (secondary N) is 2. The molecule has 0 radical (unpaired) electrons. The number of benzene rings is 2. The lowest BCUT2D eigenvalue weighted by Gasteiger charge is -2.13. The number of nitrogens with zero attached hydrogens (tertiary/aromatic N) is 1. The lowest BCUT2D eigenvalue weighted by Crippen LogP contribution is -2.38. The van der Waals surface area contributed by atoms with Gasteiger partial charge in [0.1, 0.15) is 5.82 Å². The van der Waals surface area contributed by atoms with Crippen molar-refractivity contribution in [3.63, 3.8) is 0 Å². The number of halogens is 1. The lowest BCUT2D eigenvalue weighted by molar-refractivity contribution is -0.118. The number of carbonyl (C=O) groups excluding carboxylic acids is 1. The molecular weight excluding hydrogens is 313 g/mol. The van der Waals surface area contributed by atoms with Crippen molar-refractivity contribution in [2.75, 3.05) is 12.4 Å². The van der Waals surface area contributed by atoms with E-state index in [1.54, 1.807) is 13.1 Å². The Kier molecular flexibility index (Phi) is 4.54. The molecule has 0 saturated carbocycles. The fourth-order valence-corrected chi connectivity index (χ4v) is 3.63. The Bertz CT molecular complexity index is 862. The van der Waals surface area contributed by atoms with Crippen LogP contribution in [0.1, 0.15) is 19.8 Å². The number of amides is 1. The van der Waals surface area contributed by atoms with Crippen LogP contribution in [0.4, 0.5) is 9.52 Å². The molecule has 1 amide bonds. The summed E-state index contributed by atoms with van der Waals surface area (Å²) in [6.07, 6.45) is 1.70. The molecule has 0 fully saturated rings. The second-order valence-electron chi connectivity index (χ2n) is 5.42. The maximum atomic E-state index is 13.3. The number of anilines is 1. The van der Waals surface area contributed by atoms with E-state index >= 15 is 0 Å². The normalized spacial score (nSPS) is 12.7. The Hall–Kier alpha value is -2.05.